The third-order valence-corrected chi connectivity index (χ3v) is 7.72. The van der Waals surface area contributed by atoms with Crippen LogP contribution in [0, 0.1) is 0 Å². The summed E-state index contributed by atoms with van der Waals surface area (Å²) in [7, 11) is 3.63. The number of rotatable bonds is 5. The lowest BCUT2D eigenvalue weighted by Crippen LogP contribution is -2.15. The Morgan fingerprint density at radius 2 is 0.864 bits per heavy atom. The van der Waals surface area contributed by atoms with Crippen molar-refractivity contribution in [3.63, 3.8) is 0 Å². The van der Waals surface area contributed by atoms with Crippen LogP contribution in [0.5, 0.6) is 11.5 Å². The second kappa shape index (κ2) is 6.47. The lowest BCUT2D eigenvalue weighted by molar-refractivity contribution is 0.474. The number of hydrogen-bond donors (Lipinski definition) is 2. The van der Waals surface area contributed by atoms with E-state index < -0.39 is 0 Å². The maximum absolute atomic E-state index is 9.42. The first-order valence-electron chi connectivity index (χ1n) is 7.16. The molecule has 0 amide bonds. The lowest BCUT2D eigenvalue weighted by atomic mass is 10.0. The van der Waals surface area contributed by atoms with Crippen molar-refractivity contribution in [2.45, 2.75) is 37.2 Å². The molecule has 2 N–H and O–H groups in total. The van der Waals surface area contributed by atoms with E-state index in [0.29, 0.717) is 11.5 Å². The number of aromatic hydroxyl groups is 2. The Labute approximate surface area is 140 Å². The molecule has 0 aliphatic rings. The van der Waals surface area contributed by atoms with Gasteiger partial charge in [0.15, 0.2) is 0 Å². The Morgan fingerprint density at radius 3 is 1.14 bits per heavy atom. The Balaban J connectivity index is 2.10. The first-order chi connectivity index (χ1) is 10.2. The van der Waals surface area contributed by atoms with Crippen LogP contribution >= 0.6 is 21.6 Å². The van der Waals surface area contributed by atoms with E-state index in [1.165, 1.54) is 11.1 Å². The highest BCUT2D eigenvalue weighted by Crippen LogP contribution is 2.52. The number of phenols is 2. The summed E-state index contributed by atoms with van der Waals surface area (Å²) < 4.78 is -0.126. The predicted octanol–water partition coefficient (Wildman–Crippen LogP) is 5.65. The second-order valence-electron chi connectivity index (χ2n) is 6.28. The van der Waals surface area contributed by atoms with Crippen LogP contribution in [0.1, 0.15) is 38.8 Å². The minimum absolute atomic E-state index is 0.0629. The molecule has 0 bridgehead atoms. The van der Waals surface area contributed by atoms with Crippen LogP contribution < -0.4 is 0 Å². The van der Waals surface area contributed by atoms with Gasteiger partial charge >= 0.3 is 0 Å². The van der Waals surface area contributed by atoms with Crippen LogP contribution in [-0.4, -0.2) is 10.2 Å². The molecule has 0 spiro atoms. The molecule has 22 heavy (non-hydrogen) atoms. The van der Waals surface area contributed by atoms with Crippen LogP contribution in [0.3, 0.4) is 0 Å². The fourth-order valence-corrected chi connectivity index (χ4v) is 4.74. The molecule has 0 unspecified atom stereocenters. The highest BCUT2D eigenvalue weighted by Gasteiger charge is 2.28. The van der Waals surface area contributed by atoms with E-state index in [1.54, 1.807) is 24.3 Å². The van der Waals surface area contributed by atoms with Crippen molar-refractivity contribution in [1.29, 1.82) is 0 Å². The van der Waals surface area contributed by atoms with Crippen molar-refractivity contribution in [2.24, 2.45) is 0 Å². The Hall–Kier alpha value is -1.26. The van der Waals surface area contributed by atoms with Gasteiger partial charge in [-0.15, -0.1) is 0 Å². The minimum Gasteiger partial charge on any atom is -0.508 e. The molecule has 0 fully saturated rings. The van der Waals surface area contributed by atoms with E-state index in [4.69, 9.17) is 0 Å². The molecule has 0 heterocycles. The zero-order valence-corrected chi connectivity index (χ0v) is 15.0. The third-order valence-electron chi connectivity index (χ3n) is 3.58. The standard InChI is InChI=1S/C18H22O2S2/c1-17(2,13-5-9-15(19)10-6-13)21-22-18(3,4)14-7-11-16(20)12-8-14/h5-12,19-20H,1-4H3. The van der Waals surface area contributed by atoms with Crippen LogP contribution in [0.2, 0.25) is 0 Å². The molecule has 0 aromatic heterocycles. The molecule has 0 saturated heterocycles. The first kappa shape index (κ1) is 17.1. The van der Waals surface area contributed by atoms with E-state index in [-0.39, 0.29) is 9.49 Å². The Kier molecular flexibility index (Phi) is 5.03. The van der Waals surface area contributed by atoms with Crippen LogP contribution in [0.4, 0.5) is 0 Å². The molecule has 0 radical (unpaired) electrons. The van der Waals surface area contributed by atoms with Crippen LogP contribution in [0.15, 0.2) is 48.5 Å². The fourth-order valence-electron chi connectivity index (χ4n) is 2.03. The van der Waals surface area contributed by atoms with E-state index in [9.17, 15) is 10.2 Å². The molecule has 2 aromatic carbocycles. The van der Waals surface area contributed by atoms with E-state index >= 15 is 0 Å². The molecule has 4 heteroatoms. The topological polar surface area (TPSA) is 40.5 Å². The summed E-state index contributed by atoms with van der Waals surface area (Å²) in [5.74, 6) is 0.586. The van der Waals surface area contributed by atoms with Crippen molar-refractivity contribution in [2.75, 3.05) is 0 Å². The normalized spacial score (nSPS) is 12.4. The second-order valence-corrected chi connectivity index (χ2v) is 9.66. The van der Waals surface area contributed by atoms with E-state index in [1.807, 2.05) is 45.9 Å². The monoisotopic (exact) mass is 334 g/mol. The number of hydrogen-bond acceptors (Lipinski definition) is 4. The van der Waals surface area contributed by atoms with Gasteiger partial charge in [-0.1, -0.05) is 45.9 Å². The van der Waals surface area contributed by atoms with Gasteiger partial charge in [0.05, 0.1) is 0 Å². The molecule has 0 saturated carbocycles. The summed E-state index contributed by atoms with van der Waals surface area (Å²) in [5.41, 5.74) is 2.37. The molecule has 2 rings (SSSR count). The molecule has 0 atom stereocenters. The average Bonchev–Trinajstić information content (AvgIpc) is 2.46. The largest absolute Gasteiger partial charge is 0.508 e. The van der Waals surface area contributed by atoms with Gasteiger partial charge in [0.2, 0.25) is 0 Å². The zero-order valence-electron chi connectivity index (χ0n) is 13.3. The van der Waals surface area contributed by atoms with Crippen molar-refractivity contribution >= 4 is 21.6 Å². The summed E-state index contributed by atoms with van der Waals surface area (Å²) in [6.45, 7) is 8.74. The smallest absolute Gasteiger partial charge is 0.115 e. The van der Waals surface area contributed by atoms with Gasteiger partial charge in [-0.05, 0) is 63.1 Å². The van der Waals surface area contributed by atoms with Gasteiger partial charge in [-0.2, -0.15) is 0 Å². The quantitative estimate of drug-likeness (QED) is 0.693. The summed E-state index contributed by atoms with van der Waals surface area (Å²) in [5, 5.41) is 18.8. The van der Waals surface area contributed by atoms with Gasteiger partial charge in [0, 0.05) is 9.49 Å². The van der Waals surface area contributed by atoms with Crippen molar-refractivity contribution in [3.05, 3.63) is 59.7 Å². The fraction of sp³-hybridized carbons (Fsp3) is 0.333. The van der Waals surface area contributed by atoms with Gasteiger partial charge in [0.25, 0.3) is 0 Å². The number of phenolic OH excluding ortho intramolecular Hbond substituents is 2. The third kappa shape index (κ3) is 4.14. The van der Waals surface area contributed by atoms with Gasteiger partial charge in [0.1, 0.15) is 11.5 Å². The number of benzene rings is 2. The van der Waals surface area contributed by atoms with Crippen molar-refractivity contribution < 1.29 is 10.2 Å². The van der Waals surface area contributed by atoms with Crippen molar-refractivity contribution in [3.8, 4) is 11.5 Å². The first-order valence-corrected chi connectivity index (χ1v) is 9.31. The predicted molar refractivity (Wildman–Crippen MR) is 97.4 cm³/mol. The zero-order chi connectivity index (χ0) is 16.4. The summed E-state index contributed by atoms with van der Waals surface area (Å²) in [6, 6.07) is 14.8. The molecule has 0 aliphatic heterocycles. The van der Waals surface area contributed by atoms with E-state index in [2.05, 4.69) is 27.7 Å². The molecule has 0 aliphatic carbocycles. The van der Waals surface area contributed by atoms with Gasteiger partial charge in [-0.3, -0.25) is 0 Å². The SMILES string of the molecule is CC(C)(SSC(C)(C)c1ccc(O)cc1)c1ccc(O)cc1. The Morgan fingerprint density at radius 1 is 0.591 bits per heavy atom. The molecular weight excluding hydrogens is 312 g/mol. The molecular formula is C18H22O2S2. The van der Waals surface area contributed by atoms with Crippen LogP contribution in [-0.2, 0) is 9.49 Å². The van der Waals surface area contributed by atoms with Crippen molar-refractivity contribution in [1.82, 2.24) is 0 Å². The highest BCUT2D eigenvalue weighted by atomic mass is 33.1. The molecule has 2 aromatic rings. The molecule has 118 valence electrons. The average molecular weight is 335 g/mol. The maximum Gasteiger partial charge on any atom is 0.115 e. The van der Waals surface area contributed by atoms with Gasteiger partial charge in [-0.25, -0.2) is 0 Å². The summed E-state index contributed by atoms with van der Waals surface area (Å²) in [6.07, 6.45) is 0. The minimum atomic E-state index is -0.0629. The Bertz CT molecular complexity index is 559. The van der Waals surface area contributed by atoms with Gasteiger partial charge < -0.3 is 10.2 Å². The molecule has 2 nitrogen and oxygen atoms in total. The van der Waals surface area contributed by atoms with Crippen LogP contribution in [0.25, 0.3) is 0 Å². The highest BCUT2D eigenvalue weighted by molar-refractivity contribution is 8.77. The summed E-state index contributed by atoms with van der Waals surface area (Å²) >= 11 is 0. The maximum atomic E-state index is 9.42. The lowest BCUT2D eigenvalue weighted by Gasteiger charge is -2.30. The van der Waals surface area contributed by atoms with E-state index in [0.717, 1.165) is 0 Å². The summed E-state index contributed by atoms with van der Waals surface area (Å²) in [4.78, 5) is 0.